The third-order valence-electron chi connectivity index (χ3n) is 3.09. The van der Waals surface area contributed by atoms with Crippen LogP contribution >= 0.6 is 27.3 Å². The molecule has 0 amide bonds. The molecular weight excluding hydrogens is 324 g/mol. The lowest BCUT2D eigenvalue weighted by atomic mass is 9.94. The van der Waals surface area contributed by atoms with Crippen molar-refractivity contribution in [1.82, 2.24) is 5.43 Å². The molecule has 0 saturated carbocycles. The number of nitrogens with one attached hydrogen (secondary N) is 1. The quantitative estimate of drug-likeness (QED) is 0.659. The number of aryl methyl sites for hydroxylation is 2. The van der Waals surface area contributed by atoms with Crippen LogP contribution in [0.4, 0.5) is 0 Å². The van der Waals surface area contributed by atoms with Gasteiger partial charge in [-0.1, -0.05) is 6.07 Å². The Labute approximate surface area is 125 Å². The molecule has 1 unspecified atom stereocenters. The van der Waals surface area contributed by atoms with Gasteiger partial charge < -0.3 is 4.74 Å². The molecule has 19 heavy (non-hydrogen) atoms. The van der Waals surface area contributed by atoms with Gasteiger partial charge >= 0.3 is 0 Å². The smallest absolute Gasteiger partial charge is 0.124 e. The average Bonchev–Trinajstić information content (AvgIpc) is 2.78. The normalized spacial score (nSPS) is 12.5. The molecule has 0 aliphatic carbocycles. The van der Waals surface area contributed by atoms with Gasteiger partial charge in [0.15, 0.2) is 0 Å². The lowest BCUT2D eigenvalue weighted by Crippen LogP contribution is -2.29. The SMILES string of the molecule is COc1cc(C)cc(C)c1C(NN)c1csc(Br)c1. The number of nitrogens with two attached hydrogens (primary N) is 1. The van der Waals surface area contributed by atoms with Crippen molar-refractivity contribution >= 4 is 27.3 Å². The Balaban J connectivity index is 2.55. The van der Waals surface area contributed by atoms with Crippen LogP contribution in [0.2, 0.25) is 0 Å². The van der Waals surface area contributed by atoms with E-state index in [1.54, 1.807) is 18.4 Å². The van der Waals surface area contributed by atoms with Gasteiger partial charge in [0, 0.05) is 5.56 Å². The summed E-state index contributed by atoms with van der Waals surface area (Å²) in [7, 11) is 1.69. The van der Waals surface area contributed by atoms with E-state index in [0.717, 1.165) is 20.7 Å². The van der Waals surface area contributed by atoms with Gasteiger partial charge in [-0.05, 0) is 64.0 Å². The molecule has 0 radical (unpaired) electrons. The van der Waals surface area contributed by atoms with Crippen molar-refractivity contribution in [2.24, 2.45) is 5.84 Å². The van der Waals surface area contributed by atoms with E-state index in [2.05, 4.69) is 52.7 Å². The van der Waals surface area contributed by atoms with Crippen molar-refractivity contribution in [1.29, 1.82) is 0 Å². The van der Waals surface area contributed by atoms with Gasteiger partial charge in [-0.25, -0.2) is 5.43 Å². The zero-order chi connectivity index (χ0) is 14.0. The van der Waals surface area contributed by atoms with Crippen LogP contribution < -0.4 is 16.0 Å². The van der Waals surface area contributed by atoms with E-state index >= 15 is 0 Å². The van der Waals surface area contributed by atoms with E-state index < -0.39 is 0 Å². The van der Waals surface area contributed by atoms with Gasteiger partial charge in [0.05, 0.1) is 16.9 Å². The maximum atomic E-state index is 5.76. The largest absolute Gasteiger partial charge is 0.496 e. The highest BCUT2D eigenvalue weighted by Gasteiger charge is 2.20. The Kier molecular flexibility index (Phi) is 4.62. The predicted molar refractivity (Wildman–Crippen MR) is 83.7 cm³/mol. The van der Waals surface area contributed by atoms with E-state index in [9.17, 15) is 0 Å². The summed E-state index contributed by atoms with van der Waals surface area (Å²) in [5, 5.41) is 2.09. The molecule has 1 heterocycles. The lowest BCUT2D eigenvalue weighted by molar-refractivity contribution is 0.403. The maximum Gasteiger partial charge on any atom is 0.124 e. The molecule has 0 fully saturated rings. The minimum Gasteiger partial charge on any atom is -0.496 e. The molecule has 0 aliphatic rings. The van der Waals surface area contributed by atoms with Crippen molar-refractivity contribution in [3.05, 3.63) is 49.6 Å². The third-order valence-corrected chi connectivity index (χ3v) is 4.61. The van der Waals surface area contributed by atoms with Crippen molar-refractivity contribution in [2.75, 3.05) is 7.11 Å². The zero-order valence-corrected chi connectivity index (χ0v) is 13.6. The zero-order valence-electron chi connectivity index (χ0n) is 11.2. The second-order valence-electron chi connectivity index (χ2n) is 4.48. The second-order valence-corrected chi connectivity index (χ2v) is 6.77. The molecular formula is C14H17BrN2OS. The Morgan fingerprint density at radius 1 is 1.32 bits per heavy atom. The van der Waals surface area contributed by atoms with Crippen molar-refractivity contribution in [3.63, 3.8) is 0 Å². The Bertz CT molecular complexity index is 583. The van der Waals surface area contributed by atoms with Gasteiger partial charge in [-0.2, -0.15) is 0 Å². The number of hydrogen-bond acceptors (Lipinski definition) is 4. The van der Waals surface area contributed by atoms with Crippen molar-refractivity contribution in [2.45, 2.75) is 19.9 Å². The summed E-state index contributed by atoms with van der Waals surface area (Å²) in [6.07, 6.45) is 0. The second kappa shape index (κ2) is 6.05. The summed E-state index contributed by atoms with van der Waals surface area (Å²) < 4.78 is 6.60. The number of ether oxygens (including phenoxy) is 1. The highest BCUT2D eigenvalue weighted by Crippen LogP contribution is 2.36. The molecule has 1 aromatic carbocycles. The number of benzene rings is 1. The standard InChI is InChI=1S/C14H17BrN2OS/c1-8-4-9(2)13(11(5-8)18-3)14(17-16)10-6-12(15)19-7-10/h4-7,14,17H,16H2,1-3H3. The molecule has 0 aliphatic heterocycles. The number of rotatable bonds is 4. The minimum absolute atomic E-state index is 0.0712. The topological polar surface area (TPSA) is 47.3 Å². The Morgan fingerprint density at radius 3 is 2.58 bits per heavy atom. The minimum atomic E-state index is -0.0712. The summed E-state index contributed by atoms with van der Waals surface area (Å²) in [5.74, 6) is 6.62. The fraction of sp³-hybridized carbons (Fsp3) is 0.286. The fourth-order valence-electron chi connectivity index (χ4n) is 2.30. The first kappa shape index (κ1) is 14.5. The summed E-state index contributed by atoms with van der Waals surface area (Å²) in [4.78, 5) is 0. The molecule has 2 aromatic rings. The number of halogens is 1. The monoisotopic (exact) mass is 340 g/mol. The molecule has 3 N–H and O–H groups in total. The van der Waals surface area contributed by atoms with Crippen molar-refractivity contribution < 1.29 is 4.74 Å². The van der Waals surface area contributed by atoms with Crippen LogP contribution in [-0.4, -0.2) is 7.11 Å². The van der Waals surface area contributed by atoms with Gasteiger partial charge in [-0.3, -0.25) is 5.84 Å². The highest BCUT2D eigenvalue weighted by atomic mass is 79.9. The van der Waals surface area contributed by atoms with Crippen molar-refractivity contribution in [3.8, 4) is 5.75 Å². The van der Waals surface area contributed by atoms with Gasteiger partial charge in [0.25, 0.3) is 0 Å². The Morgan fingerprint density at radius 2 is 2.05 bits per heavy atom. The van der Waals surface area contributed by atoms with Crippen LogP contribution in [0.5, 0.6) is 5.75 Å². The molecule has 1 atom stereocenters. The lowest BCUT2D eigenvalue weighted by Gasteiger charge is -2.21. The van der Waals surface area contributed by atoms with Crippen LogP contribution in [0.3, 0.4) is 0 Å². The van der Waals surface area contributed by atoms with E-state index in [-0.39, 0.29) is 6.04 Å². The molecule has 0 saturated heterocycles. The summed E-state index contributed by atoms with van der Waals surface area (Å²) >= 11 is 5.13. The number of hydrogen-bond donors (Lipinski definition) is 2. The highest BCUT2D eigenvalue weighted by molar-refractivity contribution is 9.11. The van der Waals surface area contributed by atoms with Crippen LogP contribution in [0.1, 0.15) is 28.3 Å². The summed E-state index contributed by atoms with van der Waals surface area (Å²) in [5.41, 5.74) is 7.45. The van der Waals surface area contributed by atoms with E-state index in [1.165, 1.54) is 11.1 Å². The van der Waals surface area contributed by atoms with Gasteiger partial charge in [0.2, 0.25) is 0 Å². The van der Waals surface area contributed by atoms with E-state index in [4.69, 9.17) is 10.6 Å². The third kappa shape index (κ3) is 3.00. The van der Waals surface area contributed by atoms with E-state index in [1.807, 2.05) is 6.07 Å². The first-order chi connectivity index (χ1) is 9.06. The van der Waals surface area contributed by atoms with E-state index in [0.29, 0.717) is 0 Å². The molecule has 1 aromatic heterocycles. The number of thiophene rings is 1. The molecule has 2 rings (SSSR count). The van der Waals surface area contributed by atoms with Crippen LogP contribution in [-0.2, 0) is 0 Å². The molecule has 102 valence electrons. The molecule has 0 bridgehead atoms. The average molecular weight is 341 g/mol. The number of methoxy groups -OCH3 is 1. The summed E-state index contributed by atoms with van der Waals surface area (Å²) in [6, 6.07) is 6.18. The maximum absolute atomic E-state index is 5.76. The fourth-order valence-corrected chi connectivity index (χ4v) is 3.50. The molecule has 0 spiro atoms. The first-order valence-electron chi connectivity index (χ1n) is 5.92. The van der Waals surface area contributed by atoms with Crippen LogP contribution in [0.15, 0.2) is 27.4 Å². The molecule has 5 heteroatoms. The molecule has 3 nitrogen and oxygen atoms in total. The van der Waals surface area contributed by atoms with Crippen LogP contribution in [0.25, 0.3) is 0 Å². The number of hydrazine groups is 1. The predicted octanol–water partition coefficient (Wildman–Crippen LogP) is 3.69. The van der Waals surface area contributed by atoms with Gasteiger partial charge in [0.1, 0.15) is 5.75 Å². The first-order valence-corrected chi connectivity index (χ1v) is 7.59. The summed E-state index contributed by atoms with van der Waals surface area (Å²) in [6.45, 7) is 4.14. The van der Waals surface area contributed by atoms with Crippen LogP contribution in [0, 0.1) is 13.8 Å². The van der Waals surface area contributed by atoms with Gasteiger partial charge in [-0.15, -0.1) is 11.3 Å². The Hall–Kier alpha value is -0.880.